The van der Waals surface area contributed by atoms with Gasteiger partial charge in [0, 0.05) is 13.1 Å². The number of carbonyl (C=O) groups is 1. The smallest absolute Gasteiger partial charge is 0.314 e. The predicted octanol–water partition coefficient (Wildman–Crippen LogP) is 2.58. The number of aliphatic hydroxyl groups is 1. The lowest BCUT2D eigenvalue weighted by molar-refractivity contribution is 0.0649. The Kier molecular flexibility index (Phi) is 7.36. The fourth-order valence-electron chi connectivity index (χ4n) is 2.06. The fraction of sp³-hybridized carbons (Fsp3) is 0.611. The Morgan fingerprint density at radius 3 is 2.26 bits per heavy atom. The third-order valence-corrected chi connectivity index (χ3v) is 3.81. The minimum absolute atomic E-state index is 0.241. The molecule has 1 rings (SSSR count). The van der Waals surface area contributed by atoms with Crippen LogP contribution in [0.5, 0.6) is 5.75 Å². The first-order valence-electron chi connectivity index (χ1n) is 8.05. The van der Waals surface area contributed by atoms with Gasteiger partial charge in [0.1, 0.15) is 5.75 Å². The Bertz CT molecular complexity index is 480. The Balaban J connectivity index is 2.29. The van der Waals surface area contributed by atoms with Crippen molar-refractivity contribution >= 4 is 6.03 Å². The highest BCUT2D eigenvalue weighted by molar-refractivity contribution is 5.73. The van der Waals surface area contributed by atoms with Crippen molar-refractivity contribution in [3.05, 3.63) is 29.8 Å². The first kappa shape index (κ1) is 19.3. The Morgan fingerprint density at radius 2 is 1.74 bits per heavy atom. The highest BCUT2D eigenvalue weighted by Crippen LogP contribution is 2.18. The summed E-state index contributed by atoms with van der Waals surface area (Å²) >= 11 is 0. The lowest BCUT2D eigenvalue weighted by Gasteiger charge is -2.26. The van der Waals surface area contributed by atoms with E-state index in [-0.39, 0.29) is 18.0 Å². The molecule has 130 valence electrons. The van der Waals surface area contributed by atoms with E-state index in [1.807, 2.05) is 45.0 Å². The second-order valence-electron chi connectivity index (χ2n) is 7.13. The van der Waals surface area contributed by atoms with Gasteiger partial charge >= 0.3 is 6.03 Å². The van der Waals surface area contributed by atoms with E-state index in [0.717, 1.165) is 12.2 Å². The average Bonchev–Trinajstić information content (AvgIpc) is 2.50. The maximum atomic E-state index is 11.8. The van der Waals surface area contributed by atoms with Crippen molar-refractivity contribution in [1.82, 2.24) is 10.6 Å². The van der Waals surface area contributed by atoms with E-state index in [0.29, 0.717) is 12.5 Å². The van der Waals surface area contributed by atoms with Crippen molar-refractivity contribution in [3.63, 3.8) is 0 Å². The molecule has 5 heteroatoms. The van der Waals surface area contributed by atoms with Gasteiger partial charge in [-0.3, -0.25) is 0 Å². The van der Waals surface area contributed by atoms with Crippen molar-refractivity contribution in [3.8, 4) is 5.75 Å². The highest BCUT2D eigenvalue weighted by atomic mass is 16.5. The van der Waals surface area contributed by atoms with Crippen LogP contribution < -0.4 is 15.4 Å². The van der Waals surface area contributed by atoms with Crippen molar-refractivity contribution in [2.24, 2.45) is 11.3 Å². The van der Waals surface area contributed by atoms with Gasteiger partial charge in [-0.25, -0.2) is 4.79 Å². The van der Waals surface area contributed by atoms with Crippen LogP contribution in [0, 0.1) is 11.3 Å². The van der Waals surface area contributed by atoms with E-state index in [9.17, 15) is 9.90 Å². The molecule has 1 aromatic rings. The number of carbonyl (C=O) groups excluding carboxylic acids is 1. The molecule has 0 radical (unpaired) electrons. The van der Waals surface area contributed by atoms with Crippen LogP contribution >= 0.6 is 0 Å². The number of nitrogens with one attached hydrogen (secondary N) is 2. The van der Waals surface area contributed by atoms with Gasteiger partial charge in [0.15, 0.2) is 0 Å². The molecule has 5 nitrogen and oxygen atoms in total. The van der Waals surface area contributed by atoms with Gasteiger partial charge in [0.2, 0.25) is 0 Å². The number of rotatable bonds is 7. The summed E-state index contributed by atoms with van der Waals surface area (Å²) in [6.45, 7) is 8.75. The number of urea groups is 1. The monoisotopic (exact) mass is 322 g/mol. The van der Waals surface area contributed by atoms with Gasteiger partial charge in [-0.15, -0.1) is 0 Å². The summed E-state index contributed by atoms with van der Waals surface area (Å²) in [6.07, 6.45) is 0.319. The molecule has 2 amide bonds. The SMILES string of the molecule is COc1ccc(CC(C)CNC(=O)NCC(O)C(C)(C)C)cc1. The number of hydrogen-bond donors (Lipinski definition) is 3. The van der Waals surface area contributed by atoms with Crippen molar-refractivity contribution in [1.29, 1.82) is 0 Å². The number of benzene rings is 1. The van der Waals surface area contributed by atoms with Gasteiger partial charge in [-0.2, -0.15) is 0 Å². The summed E-state index contributed by atoms with van der Waals surface area (Å²) in [4.78, 5) is 11.8. The molecule has 0 aliphatic heterocycles. The number of amides is 2. The van der Waals surface area contributed by atoms with Crippen LogP contribution in [0.15, 0.2) is 24.3 Å². The average molecular weight is 322 g/mol. The number of methoxy groups -OCH3 is 1. The normalized spacial score (nSPS) is 14.0. The lowest BCUT2D eigenvalue weighted by atomic mass is 9.89. The number of hydrogen-bond acceptors (Lipinski definition) is 3. The van der Waals surface area contributed by atoms with Gasteiger partial charge in [-0.1, -0.05) is 39.8 Å². The molecule has 1 aromatic carbocycles. The zero-order valence-corrected chi connectivity index (χ0v) is 14.8. The van der Waals surface area contributed by atoms with Gasteiger partial charge in [-0.05, 0) is 35.4 Å². The van der Waals surface area contributed by atoms with Gasteiger partial charge < -0.3 is 20.5 Å². The van der Waals surface area contributed by atoms with Crippen LogP contribution in [0.25, 0.3) is 0 Å². The molecule has 0 aliphatic rings. The van der Waals surface area contributed by atoms with Crippen LogP contribution in [0.4, 0.5) is 4.79 Å². The quantitative estimate of drug-likeness (QED) is 0.722. The van der Waals surface area contributed by atoms with E-state index in [1.165, 1.54) is 5.56 Å². The number of ether oxygens (including phenoxy) is 1. The summed E-state index contributed by atoms with van der Waals surface area (Å²) in [7, 11) is 1.65. The third kappa shape index (κ3) is 7.37. The molecule has 0 saturated heterocycles. The van der Waals surface area contributed by atoms with Crippen LogP contribution in [0.3, 0.4) is 0 Å². The maximum Gasteiger partial charge on any atom is 0.314 e. The third-order valence-electron chi connectivity index (χ3n) is 3.81. The van der Waals surface area contributed by atoms with Crippen LogP contribution in [0.2, 0.25) is 0 Å². The summed E-state index contributed by atoms with van der Waals surface area (Å²) in [5, 5.41) is 15.4. The Labute approximate surface area is 139 Å². The Morgan fingerprint density at radius 1 is 1.17 bits per heavy atom. The van der Waals surface area contributed by atoms with Gasteiger partial charge in [0.25, 0.3) is 0 Å². The predicted molar refractivity (Wildman–Crippen MR) is 92.7 cm³/mol. The Hall–Kier alpha value is -1.75. The minimum Gasteiger partial charge on any atom is -0.497 e. The molecule has 0 heterocycles. The van der Waals surface area contributed by atoms with E-state index < -0.39 is 6.10 Å². The molecule has 23 heavy (non-hydrogen) atoms. The molecule has 2 atom stereocenters. The molecule has 0 saturated carbocycles. The zero-order chi connectivity index (χ0) is 17.5. The largest absolute Gasteiger partial charge is 0.497 e. The summed E-state index contributed by atoms with van der Waals surface area (Å²) < 4.78 is 5.14. The molecular formula is C18H30N2O3. The van der Waals surface area contributed by atoms with E-state index in [2.05, 4.69) is 17.6 Å². The first-order valence-corrected chi connectivity index (χ1v) is 8.05. The highest BCUT2D eigenvalue weighted by Gasteiger charge is 2.22. The first-order chi connectivity index (χ1) is 10.7. The standard InChI is InChI=1S/C18H30N2O3/c1-13(10-14-6-8-15(23-5)9-7-14)11-19-17(22)20-12-16(21)18(2,3)4/h6-9,13,16,21H,10-12H2,1-5H3,(H2,19,20,22). The van der Waals surface area contributed by atoms with Crippen molar-refractivity contribution < 1.29 is 14.6 Å². The second kappa shape index (κ2) is 8.77. The topological polar surface area (TPSA) is 70.6 Å². The van der Waals surface area contributed by atoms with Gasteiger partial charge in [0.05, 0.1) is 13.2 Å². The van der Waals surface area contributed by atoms with E-state index in [4.69, 9.17) is 4.74 Å². The second-order valence-corrected chi connectivity index (χ2v) is 7.13. The molecule has 0 aromatic heterocycles. The van der Waals surface area contributed by atoms with E-state index in [1.54, 1.807) is 7.11 Å². The minimum atomic E-state index is -0.565. The summed E-state index contributed by atoms with van der Waals surface area (Å²) in [6, 6.07) is 7.71. The summed E-state index contributed by atoms with van der Waals surface area (Å²) in [5.74, 6) is 1.16. The summed E-state index contributed by atoms with van der Waals surface area (Å²) in [5.41, 5.74) is 0.971. The maximum absolute atomic E-state index is 11.8. The molecule has 0 fully saturated rings. The molecule has 0 bridgehead atoms. The molecule has 2 unspecified atom stereocenters. The van der Waals surface area contributed by atoms with Crippen LogP contribution in [-0.4, -0.2) is 37.4 Å². The van der Waals surface area contributed by atoms with Crippen molar-refractivity contribution in [2.75, 3.05) is 20.2 Å². The molecule has 3 N–H and O–H groups in total. The number of aliphatic hydroxyl groups excluding tert-OH is 1. The van der Waals surface area contributed by atoms with E-state index >= 15 is 0 Å². The fourth-order valence-corrected chi connectivity index (χ4v) is 2.06. The molecule has 0 spiro atoms. The van der Waals surface area contributed by atoms with Crippen LogP contribution in [0.1, 0.15) is 33.3 Å². The zero-order valence-electron chi connectivity index (χ0n) is 14.8. The molecular weight excluding hydrogens is 292 g/mol. The van der Waals surface area contributed by atoms with Crippen LogP contribution in [-0.2, 0) is 6.42 Å². The molecule has 0 aliphatic carbocycles. The lowest BCUT2D eigenvalue weighted by Crippen LogP contribution is -2.44. The van der Waals surface area contributed by atoms with Crippen molar-refractivity contribution in [2.45, 2.75) is 40.2 Å².